The van der Waals surface area contributed by atoms with Crippen LogP contribution >= 0.6 is 15.8 Å². The maximum atomic E-state index is 2.61. The summed E-state index contributed by atoms with van der Waals surface area (Å²) >= 11 is 0. The molecule has 0 N–H and O–H groups in total. The van der Waals surface area contributed by atoms with E-state index >= 15 is 0 Å². The molecular weight excluding hydrogens is 869 g/mol. The van der Waals surface area contributed by atoms with Crippen LogP contribution in [-0.4, -0.2) is 22.6 Å². The maximum absolute atomic E-state index is 2.61. The van der Waals surface area contributed by atoms with Crippen molar-refractivity contribution in [2.24, 2.45) is 0 Å². The van der Waals surface area contributed by atoms with Gasteiger partial charge in [-0.2, -0.15) is 0 Å². The summed E-state index contributed by atoms with van der Waals surface area (Å²) in [6.07, 6.45) is 28.6. The molecule has 0 spiro atoms. The van der Waals surface area contributed by atoms with Crippen molar-refractivity contribution in [3.8, 4) is 44.5 Å². The van der Waals surface area contributed by atoms with E-state index in [0.717, 1.165) is 22.6 Å². The summed E-state index contributed by atoms with van der Waals surface area (Å²) in [5.41, 5.74) is 17.5. The number of anilines is 3. The van der Waals surface area contributed by atoms with Crippen LogP contribution < -0.4 is 15.5 Å². The van der Waals surface area contributed by atoms with Gasteiger partial charge in [0, 0.05) is 17.1 Å². The molecule has 352 valence electrons. The molecule has 0 amide bonds. The van der Waals surface area contributed by atoms with E-state index in [0.29, 0.717) is 0 Å². The predicted octanol–water partition coefficient (Wildman–Crippen LogP) is 19.4. The Balaban J connectivity index is 0.902. The van der Waals surface area contributed by atoms with Crippen molar-refractivity contribution in [2.45, 2.75) is 151 Å². The van der Waals surface area contributed by atoms with Gasteiger partial charge in [0.25, 0.3) is 0 Å². The Labute approximate surface area is 417 Å². The number of benzene rings is 7. The molecule has 4 fully saturated rings. The Kier molecular flexibility index (Phi) is 15.2. The minimum absolute atomic E-state index is 0.147. The fourth-order valence-corrected chi connectivity index (χ4v) is 20.6. The first-order valence-electron chi connectivity index (χ1n) is 27.3. The Morgan fingerprint density at radius 2 is 0.507 bits per heavy atom. The molecule has 7 aromatic rings. The Morgan fingerprint density at radius 1 is 0.246 bits per heavy atom. The maximum Gasteiger partial charge on any atom is 0.0462 e. The third-order valence-electron chi connectivity index (χ3n) is 16.5. The fraction of sp³-hybridized carbons (Fsp3) is 0.364. The minimum atomic E-state index is -0.147. The highest BCUT2D eigenvalue weighted by atomic mass is 31.1. The number of nitrogens with zero attached hydrogens (tertiary/aromatic N) is 1. The number of rotatable bonds is 13. The van der Waals surface area contributed by atoms with E-state index in [1.165, 1.54) is 190 Å². The van der Waals surface area contributed by atoms with Crippen LogP contribution in [0, 0.1) is 0 Å². The van der Waals surface area contributed by atoms with Crippen LogP contribution in [0.15, 0.2) is 176 Å². The molecule has 0 saturated heterocycles. The van der Waals surface area contributed by atoms with Gasteiger partial charge in [-0.25, -0.2) is 0 Å². The van der Waals surface area contributed by atoms with Crippen LogP contribution in [0.2, 0.25) is 0 Å². The zero-order chi connectivity index (χ0) is 46.2. The molecular formula is C66H73NP2. The van der Waals surface area contributed by atoms with Gasteiger partial charge in [0.05, 0.1) is 0 Å². The standard InChI is InChI=1S/C66H73NP2/c1-6-18-50(19-7-1)51-32-34-52(35-33-51)53-36-42-58(43-37-53)67(59-44-38-54(39-45-59)56-20-16-30-65(48-56)68(61-22-8-2-9-23-61)62-24-10-3-11-25-62)60-46-40-55(41-47-60)57-21-17-31-66(49-57)69(63-26-12-4-13-27-63)64-28-14-5-15-29-64/h1,6-7,16-21,30-49,61-64H,2-5,8-15,22-29H2. The van der Waals surface area contributed by atoms with Gasteiger partial charge in [-0.1, -0.05) is 220 Å². The summed E-state index contributed by atoms with van der Waals surface area (Å²) < 4.78 is 0. The fourth-order valence-electron chi connectivity index (χ4n) is 12.9. The van der Waals surface area contributed by atoms with Gasteiger partial charge in [0.15, 0.2) is 0 Å². The summed E-state index contributed by atoms with van der Waals surface area (Å²) in [5.74, 6) is 0. The first-order chi connectivity index (χ1) is 34.2. The minimum Gasteiger partial charge on any atom is -0.311 e. The van der Waals surface area contributed by atoms with Gasteiger partial charge >= 0.3 is 0 Å². The highest BCUT2D eigenvalue weighted by molar-refractivity contribution is 7.67. The van der Waals surface area contributed by atoms with Crippen molar-refractivity contribution in [2.75, 3.05) is 4.90 Å². The molecule has 0 atom stereocenters. The summed E-state index contributed by atoms with van der Waals surface area (Å²) in [6.45, 7) is 0. The van der Waals surface area contributed by atoms with Crippen molar-refractivity contribution in [3.05, 3.63) is 176 Å². The molecule has 0 heterocycles. The second kappa shape index (κ2) is 22.5. The molecule has 0 aliphatic heterocycles. The molecule has 3 heteroatoms. The van der Waals surface area contributed by atoms with E-state index in [4.69, 9.17) is 0 Å². The molecule has 0 aromatic heterocycles. The zero-order valence-corrected chi connectivity index (χ0v) is 42.8. The average molecular weight is 942 g/mol. The third kappa shape index (κ3) is 10.9. The van der Waals surface area contributed by atoms with Gasteiger partial charge in [0.2, 0.25) is 0 Å². The Morgan fingerprint density at radius 3 is 0.826 bits per heavy atom. The quantitative estimate of drug-likeness (QED) is 0.104. The molecule has 4 aliphatic rings. The molecule has 0 bridgehead atoms. The van der Waals surface area contributed by atoms with E-state index < -0.39 is 0 Å². The molecule has 69 heavy (non-hydrogen) atoms. The molecule has 7 aromatic carbocycles. The largest absolute Gasteiger partial charge is 0.311 e. The molecule has 11 rings (SSSR count). The molecule has 1 nitrogen and oxygen atoms in total. The van der Waals surface area contributed by atoms with Crippen LogP contribution in [-0.2, 0) is 0 Å². The lowest BCUT2D eigenvalue weighted by molar-refractivity contribution is 0.487. The van der Waals surface area contributed by atoms with Gasteiger partial charge in [-0.05, 0) is 178 Å². The second-order valence-electron chi connectivity index (χ2n) is 21.0. The highest BCUT2D eigenvalue weighted by Crippen LogP contribution is 2.56. The molecule has 0 radical (unpaired) electrons. The summed E-state index contributed by atoms with van der Waals surface area (Å²) in [7, 11) is -0.294. The van der Waals surface area contributed by atoms with Crippen LogP contribution in [0.1, 0.15) is 128 Å². The zero-order valence-electron chi connectivity index (χ0n) is 41.0. The second-order valence-corrected chi connectivity index (χ2v) is 26.6. The molecule has 0 unspecified atom stereocenters. The van der Waals surface area contributed by atoms with Crippen molar-refractivity contribution >= 4 is 43.5 Å². The topological polar surface area (TPSA) is 3.24 Å². The SMILES string of the molecule is c1ccc(-c2ccc(-c3ccc(N(c4ccc(-c5cccc(P(C6CCCCC6)C6CCCCC6)c5)cc4)c4ccc(-c5cccc(P(C6CCCCC6)C6CCCCC6)c5)cc4)cc3)cc2)cc1. The van der Waals surface area contributed by atoms with Gasteiger partial charge in [-0.3, -0.25) is 0 Å². The van der Waals surface area contributed by atoms with Gasteiger partial charge in [0.1, 0.15) is 0 Å². The average Bonchev–Trinajstić information content (AvgIpc) is 3.43. The number of hydrogen-bond donors (Lipinski definition) is 0. The molecule has 4 aliphatic carbocycles. The van der Waals surface area contributed by atoms with Crippen LogP contribution in [0.4, 0.5) is 17.1 Å². The van der Waals surface area contributed by atoms with Crippen LogP contribution in [0.25, 0.3) is 44.5 Å². The first-order valence-corrected chi connectivity index (χ1v) is 30.2. The first kappa shape index (κ1) is 46.6. The normalized spacial score (nSPS) is 17.9. The van der Waals surface area contributed by atoms with Crippen molar-refractivity contribution in [1.29, 1.82) is 0 Å². The lowest BCUT2D eigenvalue weighted by Crippen LogP contribution is -2.26. The lowest BCUT2D eigenvalue weighted by Gasteiger charge is -2.39. The highest BCUT2D eigenvalue weighted by Gasteiger charge is 2.34. The predicted molar refractivity (Wildman–Crippen MR) is 303 cm³/mol. The van der Waals surface area contributed by atoms with E-state index in [1.54, 1.807) is 10.6 Å². The molecule has 4 saturated carbocycles. The number of hydrogen-bond acceptors (Lipinski definition) is 1. The van der Waals surface area contributed by atoms with E-state index in [-0.39, 0.29) is 15.8 Å². The smallest absolute Gasteiger partial charge is 0.0462 e. The Hall–Kier alpha value is -4.80. The Bertz CT molecular complexity index is 2520. The summed E-state index contributed by atoms with van der Waals surface area (Å²) in [5, 5.41) is 3.32. The van der Waals surface area contributed by atoms with Crippen molar-refractivity contribution in [1.82, 2.24) is 0 Å². The van der Waals surface area contributed by atoms with E-state index in [1.807, 2.05) is 0 Å². The van der Waals surface area contributed by atoms with Crippen LogP contribution in [0.5, 0.6) is 0 Å². The van der Waals surface area contributed by atoms with Gasteiger partial charge < -0.3 is 4.90 Å². The lowest BCUT2D eigenvalue weighted by atomic mass is 9.99. The summed E-state index contributed by atoms with van der Waals surface area (Å²) in [4.78, 5) is 2.46. The van der Waals surface area contributed by atoms with Gasteiger partial charge in [-0.15, -0.1) is 0 Å². The summed E-state index contributed by atoms with van der Waals surface area (Å²) in [6, 6.07) is 67.6. The van der Waals surface area contributed by atoms with E-state index in [9.17, 15) is 0 Å². The van der Waals surface area contributed by atoms with Crippen molar-refractivity contribution in [3.63, 3.8) is 0 Å². The monoisotopic (exact) mass is 942 g/mol. The van der Waals surface area contributed by atoms with E-state index in [2.05, 4.69) is 181 Å². The van der Waals surface area contributed by atoms with Crippen LogP contribution in [0.3, 0.4) is 0 Å². The van der Waals surface area contributed by atoms with Crippen molar-refractivity contribution < 1.29 is 0 Å². The third-order valence-corrected chi connectivity index (χ3v) is 23.5.